The molecule has 154 valence electrons. The maximum atomic E-state index is 12.5. The normalized spacial score (nSPS) is 15.6. The molecule has 1 heterocycles. The molecule has 1 aliphatic heterocycles. The Balaban J connectivity index is 1.67. The van der Waals surface area contributed by atoms with Crippen molar-refractivity contribution in [1.82, 2.24) is 15.1 Å². The number of fused-ring (bicyclic) bond motifs is 1. The van der Waals surface area contributed by atoms with Gasteiger partial charge in [0, 0.05) is 24.2 Å². The van der Waals surface area contributed by atoms with Crippen molar-refractivity contribution in [2.24, 2.45) is 4.40 Å². The molecule has 1 amide bonds. The molecule has 0 radical (unpaired) electrons. The van der Waals surface area contributed by atoms with Gasteiger partial charge in [0.25, 0.3) is 10.0 Å². The number of nitrogens with zero attached hydrogens (tertiary/aromatic N) is 3. The smallest absolute Gasteiger partial charge is 0.285 e. The Hall–Kier alpha value is -2.42. The molecule has 0 saturated carbocycles. The van der Waals surface area contributed by atoms with E-state index >= 15 is 0 Å². The maximum absolute atomic E-state index is 12.5. The number of nitrogens with one attached hydrogen (secondary N) is 1. The van der Waals surface area contributed by atoms with Gasteiger partial charge in [-0.15, -0.1) is 4.40 Å². The lowest BCUT2D eigenvalue weighted by Crippen LogP contribution is -2.41. The van der Waals surface area contributed by atoms with Crippen LogP contribution in [-0.2, 0) is 14.8 Å². The lowest BCUT2D eigenvalue weighted by atomic mass is 10.1. The molecule has 1 N–H and O–H groups in total. The molecule has 0 saturated heterocycles. The van der Waals surface area contributed by atoms with Crippen LogP contribution in [0.4, 0.5) is 0 Å². The highest BCUT2D eigenvalue weighted by molar-refractivity contribution is 7.90. The third kappa shape index (κ3) is 4.60. The second kappa shape index (κ2) is 8.52. The molecule has 0 bridgehead atoms. The van der Waals surface area contributed by atoms with Gasteiger partial charge in [-0.25, -0.2) is 0 Å². The summed E-state index contributed by atoms with van der Waals surface area (Å²) in [6, 6.07) is 14.0. The van der Waals surface area contributed by atoms with E-state index in [9.17, 15) is 13.2 Å². The summed E-state index contributed by atoms with van der Waals surface area (Å²) in [6.45, 7) is 0.343. The highest BCUT2D eigenvalue weighted by Crippen LogP contribution is 2.27. The number of sulfonamides is 1. The van der Waals surface area contributed by atoms with E-state index in [1.807, 2.05) is 43.3 Å². The van der Waals surface area contributed by atoms with Crippen molar-refractivity contribution >= 4 is 33.4 Å². The summed E-state index contributed by atoms with van der Waals surface area (Å²) < 4.78 is 28.2. The van der Waals surface area contributed by atoms with E-state index in [-0.39, 0.29) is 29.2 Å². The van der Waals surface area contributed by atoms with Crippen LogP contribution in [0.2, 0.25) is 5.02 Å². The predicted molar refractivity (Wildman–Crippen MR) is 114 cm³/mol. The highest BCUT2D eigenvalue weighted by atomic mass is 35.5. The largest absolute Gasteiger partial charge is 0.353 e. The van der Waals surface area contributed by atoms with Crippen LogP contribution in [0, 0.1) is 0 Å². The van der Waals surface area contributed by atoms with Crippen LogP contribution >= 0.6 is 11.6 Å². The van der Waals surface area contributed by atoms with Gasteiger partial charge in [-0.05, 0) is 37.9 Å². The number of amides is 1. The van der Waals surface area contributed by atoms with E-state index < -0.39 is 10.0 Å². The lowest BCUT2D eigenvalue weighted by molar-refractivity contribution is -0.121. The molecular formula is C20H23ClN4O3S. The van der Waals surface area contributed by atoms with Crippen molar-refractivity contribution in [3.8, 4) is 0 Å². The van der Waals surface area contributed by atoms with Gasteiger partial charge in [-0.1, -0.05) is 41.9 Å². The molecule has 0 fully saturated rings. The van der Waals surface area contributed by atoms with Crippen LogP contribution in [0.15, 0.2) is 57.8 Å². The number of hydrogen-bond acceptors (Lipinski definition) is 5. The number of benzene rings is 2. The third-order valence-electron chi connectivity index (χ3n) is 4.74. The van der Waals surface area contributed by atoms with Crippen LogP contribution in [0.5, 0.6) is 0 Å². The molecule has 0 aliphatic carbocycles. The van der Waals surface area contributed by atoms with Gasteiger partial charge >= 0.3 is 0 Å². The van der Waals surface area contributed by atoms with Gasteiger partial charge in [-0.3, -0.25) is 4.79 Å². The van der Waals surface area contributed by atoms with Gasteiger partial charge in [0.15, 0.2) is 5.84 Å². The van der Waals surface area contributed by atoms with Crippen molar-refractivity contribution in [1.29, 1.82) is 0 Å². The van der Waals surface area contributed by atoms with E-state index in [1.54, 1.807) is 30.1 Å². The Labute approximate surface area is 176 Å². The number of carbonyl (C=O) groups is 1. The number of likely N-dealkylation sites (N-methyl/N-ethyl adjacent to an activating group) is 2. The summed E-state index contributed by atoms with van der Waals surface area (Å²) >= 11 is 6.30. The Kier molecular flexibility index (Phi) is 6.26. The Morgan fingerprint density at radius 2 is 1.76 bits per heavy atom. The fraction of sp³-hybridized carbons (Fsp3) is 0.300. The summed E-state index contributed by atoms with van der Waals surface area (Å²) in [6.07, 6.45) is 0. The number of halogens is 1. The SMILES string of the molecule is CN(CC(=O)NCC(c1ccccc1Cl)N(C)C)C1=NS(=O)(=O)c2ccccc21. The molecule has 1 atom stereocenters. The second-order valence-electron chi connectivity index (χ2n) is 7.05. The molecule has 2 aromatic carbocycles. The number of hydrogen-bond donors (Lipinski definition) is 1. The minimum atomic E-state index is -3.72. The molecule has 1 aliphatic rings. The highest BCUT2D eigenvalue weighted by Gasteiger charge is 2.31. The van der Waals surface area contributed by atoms with Crippen LogP contribution in [0.3, 0.4) is 0 Å². The quantitative estimate of drug-likeness (QED) is 0.753. The number of carbonyl (C=O) groups excluding carboxylic acids is 1. The van der Waals surface area contributed by atoms with Crippen LogP contribution in [0.1, 0.15) is 17.2 Å². The summed E-state index contributed by atoms with van der Waals surface area (Å²) in [7, 11) is 1.76. The van der Waals surface area contributed by atoms with Crippen molar-refractivity contribution in [2.75, 3.05) is 34.2 Å². The summed E-state index contributed by atoms with van der Waals surface area (Å²) in [5.41, 5.74) is 1.43. The van der Waals surface area contributed by atoms with Gasteiger partial charge in [-0.2, -0.15) is 8.42 Å². The van der Waals surface area contributed by atoms with Gasteiger partial charge in [0.1, 0.15) is 4.90 Å². The number of amidine groups is 1. The van der Waals surface area contributed by atoms with E-state index in [2.05, 4.69) is 9.71 Å². The van der Waals surface area contributed by atoms with Crippen LogP contribution < -0.4 is 5.32 Å². The average molecular weight is 435 g/mol. The Bertz CT molecular complexity index is 1050. The van der Waals surface area contributed by atoms with Crippen molar-refractivity contribution in [3.05, 3.63) is 64.7 Å². The minimum Gasteiger partial charge on any atom is -0.353 e. The van der Waals surface area contributed by atoms with Crippen LogP contribution in [0.25, 0.3) is 0 Å². The lowest BCUT2D eigenvalue weighted by Gasteiger charge is -2.26. The van der Waals surface area contributed by atoms with Gasteiger partial charge < -0.3 is 15.1 Å². The molecule has 3 rings (SSSR count). The molecule has 0 aromatic heterocycles. The first kappa shape index (κ1) is 21.3. The molecule has 1 unspecified atom stereocenters. The zero-order valence-electron chi connectivity index (χ0n) is 16.5. The predicted octanol–water partition coefficient (Wildman–Crippen LogP) is 2.14. The van der Waals surface area contributed by atoms with Crippen molar-refractivity contribution < 1.29 is 13.2 Å². The molecule has 0 spiro atoms. The third-order valence-corrected chi connectivity index (χ3v) is 6.40. The summed E-state index contributed by atoms with van der Waals surface area (Å²) in [5.74, 6) is 0.0295. The van der Waals surface area contributed by atoms with Gasteiger partial charge in [0.05, 0.1) is 12.6 Å². The van der Waals surface area contributed by atoms with Crippen molar-refractivity contribution in [2.45, 2.75) is 10.9 Å². The zero-order valence-corrected chi connectivity index (χ0v) is 18.0. The minimum absolute atomic E-state index is 0.0225. The van der Waals surface area contributed by atoms with E-state index in [0.717, 1.165) is 5.56 Å². The first-order valence-corrected chi connectivity index (χ1v) is 10.9. The molecule has 2 aromatic rings. The Morgan fingerprint density at radius 1 is 1.10 bits per heavy atom. The fourth-order valence-corrected chi connectivity index (χ4v) is 4.75. The van der Waals surface area contributed by atoms with E-state index in [4.69, 9.17) is 11.6 Å². The van der Waals surface area contributed by atoms with Gasteiger partial charge in [0.2, 0.25) is 5.91 Å². The number of rotatable bonds is 6. The summed E-state index contributed by atoms with van der Waals surface area (Å²) in [4.78, 5) is 16.2. The maximum Gasteiger partial charge on any atom is 0.285 e. The standard InChI is InChI=1S/C20H23ClN4O3S/c1-24(2)17(14-8-4-6-10-16(14)21)12-22-19(26)13-25(3)20-15-9-5-7-11-18(15)29(27,28)23-20/h4-11,17H,12-13H2,1-3H3,(H,22,26). The first-order valence-electron chi connectivity index (χ1n) is 9.04. The molecule has 29 heavy (non-hydrogen) atoms. The van der Waals surface area contributed by atoms with Crippen LogP contribution in [-0.4, -0.2) is 64.2 Å². The monoisotopic (exact) mass is 434 g/mol. The average Bonchev–Trinajstić information content (AvgIpc) is 2.95. The second-order valence-corrected chi connectivity index (χ2v) is 9.03. The molecule has 9 heteroatoms. The molecule has 7 nitrogen and oxygen atoms in total. The first-order chi connectivity index (χ1) is 13.7. The molecular weight excluding hydrogens is 412 g/mol. The Morgan fingerprint density at radius 3 is 2.45 bits per heavy atom. The van der Waals surface area contributed by atoms with E-state index in [1.165, 1.54) is 6.07 Å². The topological polar surface area (TPSA) is 82.1 Å². The summed E-state index contributed by atoms with van der Waals surface area (Å²) in [5, 5.41) is 3.54. The van der Waals surface area contributed by atoms with Crippen molar-refractivity contribution in [3.63, 3.8) is 0 Å². The fourth-order valence-electron chi connectivity index (χ4n) is 3.24. The zero-order chi connectivity index (χ0) is 21.2. The van der Waals surface area contributed by atoms with E-state index in [0.29, 0.717) is 17.1 Å².